The fraction of sp³-hybridized carbons (Fsp3) is 0.692. The van der Waals surface area contributed by atoms with Gasteiger partial charge in [-0.1, -0.05) is 20.8 Å². The second kappa shape index (κ2) is 9.56. The summed E-state index contributed by atoms with van der Waals surface area (Å²) >= 11 is 6.35. The molecule has 0 amide bonds. The fourth-order valence-electron chi connectivity index (χ4n) is 1.39. The Labute approximate surface area is 144 Å². The average Bonchev–Trinajstić information content (AvgIpc) is 2.37. The molecule has 0 aromatic heterocycles. The molecule has 5 N–H and O–H groups in total. The third-order valence-electron chi connectivity index (χ3n) is 2.54. The number of carboxylic acids is 3. The quantitative estimate of drug-likeness (QED) is 0.372. The highest BCUT2D eigenvalue weighted by Gasteiger charge is 2.24. The van der Waals surface area contributed by atoms with E-state index in [2.05, 4.69) is 10.6 Å². The Hall–Kier alpha value is -1.55. The predicted octanol–water partition coefficient (Wildman–Crippen LogP) is 0.753. The summed E-state index contributed by atoms with van der Waals surface area (Å²) in [6.45, 7) is 5.83. The van der Waals surface area contributed by atoms with Crippen molar-refractivity contribution in [1.29, 1.82) is 0 Å². The first-order valence-electron chi connectivity index (χ1n) is 6.80. The average molecular weight is 366 g/mol. The lowest BCUT2D eigenvalue weighted by molar-refractivity contribution is -0.140. The van der Waals surface area contributed by atoms with E-state index >= 15 is 0 Å². The van der Waals surface area contributed by atoms with Crippen LogP contribution in [0.5, 0.6) is 0 Å². The van der Waals surface area contributed by atoms with Crippen LogP contribution in [0.2, 0.25) is 0 Å². The molecular formula is C13H22N2O6S2. The molecule has 0 spiro atoms. The molecule has 0 rings (SSSR count). The van der Waals surface area contributed by atoms with Gasteiger partial charge in [-0.15, -0.1) is 0 Å². The molecule has 0 aliphatic rings. The fourth-order valence-corrected chi connectivity index (χ4v) is 2.57. The Kier molecular flexibility index (Phi) is 8.91. The Morgan fingerprint density at radius 3 is 1.91 bits per heavy atom. The van der Waals surface area contributed by atoms with Crippen molar-refractivity contribution < 1.29 is 29.7 Å². The van der Waals surface area contributed by atoms with Gasteiger partial charge in [0.05, 0.1) is 0 Å². The molecular weight excluding hydrogens is 344 g/mol. The molecule has 0 aromatic rings. The van der Waals surface area contributed by atoms with Gasteiger partial charge >= 0.3 is 17.9 Å². The number of aliphatic carboxylic acids is 3. The van der Waals surface area contributed by atoms with Crippen LogP contribution in [0.15, 0.2) is 0 Å². The zero-order chi connectivity index (χ0) is 18.2. The van der Waals surface area contributed by atoms with Crippen LogP contribution < -0.4 is 10.6 Å². The Morgan fingerprint density at radius 1 is 1.04 bits per heavy atom. The van der Waals surface area contributed by atoms with Crippen molar-refractivity contribution in [2.75, 3.05) is 5.75 Å². The Morgan fingerprint density at radius 2 is 1.52 bits per heavy atom. The number of rotatable bonds is 9. The van der Waals surface area contributed by atoms with Gasteiger partial charge in [-0.3, -0.25) is 4.79 Å². The summed E-state index contributed by atoms with van der Waals surface area (Å²) in [5.41, 5.74) is 0. The van der Waals surface area contributed by atoms with Gasteiger partial charge in [-0.05, 0) is 18.6 Å². The maximum absolute atomic E-state index is 11.2. The first kappa shape index (κ1) is 21.4. The second-order valence-corrected chi connectivity index (χ2v) is 8.01. The zero-order valence-corrected chi connectivity index (χ0v) is 14.8. The van der Waals surface area contributed by atoms with Gasteiger partial charge in [0.25, 0.3) is 0 Å². The van der Waals surface area contributed by atoms with E-state index in [0.717, 1.165) is 0 Å². The van der Waals surface area contributed by atoms with Crippen LogP contribution in [0.4, 0.5) is 0 Å². The minimum atomic E-state index is -1.26. The molecule has 0 fully saturated rings. The minimum absolute atomic E-state index is 0.129. The smallest absolute Gasteiger partial charge is 0.327 e. The van der Waals surface area contributed by atoms with Gasteiger partial charge in [0.1, 0.15) is 12.1 Å². The molecule has 2 atom stereocenters. The molecule has 0 unspecified atom stereocenters. The van der Waals surface area contributed by atoms with Crippen LogP contribution in [-0.4, -0.2) is 60.9 Å². The third kappa shape index (κ3) is 10.7. The molecule has 0 saturated carbocycles. The maximum Gasteiger partial charge on any atom is 0.327 e. The van der Waals surface area contributed by atoms with Gasteiger partial charge in [0, 0.05) is 16.9 Å². The van der Waals surface area contributed by atoms with E-state index < -0.39 is 30.0 Å². The summed E-state index contributed by atoms with van der Waals surface area (Å²) in [6, 6.07) is -2.18. The standard InChI is InChI=1S/C13H22N2O6S2/c1-13(2,3)23-6-8(11(20)21)15-12(22)14-7(10(18)19)4-5-9(16)17/h7-8H,4-6H2,1-3H3,(H,16,17)(H,18,19)(H,20,21)(H2,14,15,22)/t7-,8-/m0/s1. The van der Waals surface area contributed by atoms with Gasteiger partial charge < -0.3 is 26.0 Å². The molecule has 10 heteroatoms. The lowest BCUT2D eigenvalue weighted by atomic mass is 10.1. The summed E-state index contributed by atoms with van der Waals surface area (Å²) in [5, 5.41) is 31.7. The largest absolute Gasteiger partial charge is 0.481 e. The number of thioether (sulfide) groups is 1. The van der Waals surface area contributed by atoms with Crippen molar-refractivity contribution in [3.05, 3.63) is 0 Å². The molecule has 0 aliphatic heterocycles. The zero-order valence-electron chi connectivity index (χ0n) is 13.2. The lowest BCUT2D eigenvalue weighted by Crippen LogP contribution is -2.52. The normalized spacial score (nSPS) is 13.7. The number of carboxylic acid groups (broad SMARTS) is 3. The van der Waals surface area contributed by atoms with Crippen molar-refractivity contribution in [2.45, 2.75) is 50.4 Å². The van der Waals surface area contributed by atoms with E-state index in [0.29, 0.717) is 0 Å². The molecule has 0 saturated heterocycles. The van der Waals surface area contributed by atoms with E-state index in [1.54, 1.807) is 0 Å². The van der Waals surface area contributed by atoms with Crippen LogP contribution >= 0.6 is 24.0 Å². The van der Waals surface area contributed by atoms with E-state index in [1.807, 2.05) is 20.8 Å². The van der Waals surface area contributed by atoms with E-state index in [1.165, 1.54) is 11.8 Å². The summed E-state index contributed by atoms with van der Waals surface area (Å²) in [4.78, 5) is 32.8. The van der Waals surface area contributed by atoms with Crippen LogP contribution in [0.1, 0.15) is 33.6 Å². The van der Waals surface area contributed by atoms with Crippen molar-refractivity contribution in [1.82, 2.24) is 10.6 Å². The van der Waals surface area contributed by atoms with Crippen LogP contribution in [0.3, 0.4) is 0 Å². The molecule has 132 valence electrons. The second-order valence-electron chi connectivity index (χ2n) is 5.76. The van der Waals surface area contributed by atoms with Gasteiger partial charge in [-0.2, -0.15) is 11.8 Å². The summed E-state index contributed by atoms with van der Waals surface area (Å²) in [5.74, 6) is -3.25. The van der Waals surface area contributed by atoms with Gasteiger partial charge in [-0.25, -0.2) is 9.59 Å². The number of hydrogen-bond donors (Lipinski definition) is 5. The lowest BCUT2D eigenvalue weighted by Gasteiger charge is -2.23. The number of hydrogen-bond acceptors (Lipinski definition) is 5. The highest BCUT2D eigenvalue weighted by molar-refractivity contribution is 8.00. The van der Waals surface area contributed by atoms with E-state index in [9.17, 15) is 19.5 Å². The number of carbonyl (C=O) groups is 3. The Bertz CT molecular complexity index is 464. The topological polar surface area (TPSA) is 136 Å². The van der Waals surface area contributed by atoms with Crippen LogP contribution in [-0.2, 0) is 14.4 Å². The monoisotopic (exact) mass is 366 g/mol. The summed E-state index contributed by atoms with van der Waals surface area (Å²) in [7, 11) is 0. The van der Waals surface area contributed by atoms with Gasteiger partial charge in [0.2, 0.25) is 0 Å². The van der Waals surface area contributed by atoms with Crippen molar-refractivity contribution in [3.63, 3.8) is 0 Å². The molecule has 8 nitrogen and oxygen atoms in total. The maximum atomic E-state index is 11.2. The highest BCUT2D eigenvalue weighted by atomic mass is 32.2. The molecule has 0 aliphatic carbocycles. The molecule has 0 radical (unpaired) electrons. The third-order valence-corrected chi connectivity index (χ3v) is 4.14. The first-order chi connectivity index (χ1) is 10.4. The molecule has 0 heterocycles. The molecule has 23 heavy (non-hydrogen) atoms. The molecule has 0 bridgehead atoms. The first-order valence-corrected chi connectivity index (χ1v) is 8.20. The predicted molar refractivity (Wildman–Crippen MR) is 90.8 cm³/mol. The number of thiocarbonyl (C=S) groups is 1. The SMILES string of the molecule is CC(C)(C)SC[C@H](NC(=S)N[C@@H](CCC(=O)O)C(=O)O)C(=O)O. The Balaban J connectivity index is 4.62. The molecule has 0 aromatic carbocycles. The van der Waals surface area contributed by atoms with Crippen LogP contribution in [0.25, 0.3) is 0 Å². The number of nitrogens with one attached hydrogen (secondary N) is 2. The van der Waals surface area contributed by atoms with E-state index in [-0.39, 0.29) is 28.5 Å². The summed E-state index contributed by atoms with van der Waals surface area (Å²) in [6.07, 6.45) is -0.504. The van der Waals surface area contributed by atoms with Crippen molar-refractivity contribution >= 4 is 47.0 Å². The van der Waals surface area contributed by atoms with Crippen molar-refractivity contribution in [3.8, 4) is 0 Å². The van der Waals surface area contributed by atoms with E-state index in [4.69, 9.17) is 22.4 Å². The van der Waals surface area contributed by atoms with Gasteiger partial charge in [0.15, 0.2) is 5.11 Å². The van der Waals surface area contributed by atoms with Crippen molar-refractivity contribution in [2.24, 2.45) is 0 Å². The minimum Gasteiger partial charge on any atom is -0.481 e. The van der Waals surface area contributed by atoms with Crippen LogP contribution in [0, 0.1) is 0 Å². The summed E-state index contributed by atoms with van der Waals surface area (Å²) < 4.78 is -0.129. The highest BCUT2D eigenvalue weighted by Crippen LogP contribution is 2.23.